The monoisotopic (exact) mass is 413 g/mol. The predicted molar refractivity (Wildman–Crippen MR) is 114 cm³/mol. The van der Waals surface area contributed by atoms with Gasteiger partial charge in [-0.05, 0) is 36.8 Å². The van der Waals surface area contributed by atoms with Crippen LogP contribution in [0, 0.1) is 5.92 Å². The summed E-state index contributed by atoms with van der Waals surface area (Å²) >= 11 is 1.36. The molecule has 2 atom stereocenters. The van der Waals surface area contributed by atoms with Crippen molar-refractivity contribution in [3.63, 3.8) is 0 Å². The van der Waals surface area contributed by atoms with Crippen molar-refractivity contribution in [2.45, 2.75) is 57.1 Å². The fourth-order valence-electron chi connectivity index (χ4n) is 4.75. The zero-order valence-electron chi connectivity index (χ0n) is 16.7. The summed E-state index contributed by atoms with van der Waals surface area (Å²) in [5.74, 6) is -0.0735. The zero-order chi connectivity index (χ0) is 20.4. The van der Waals surface area contributed by atoms with Crippen LogP contribution >= 0.6 is 11.3 Å². The lowest BCUT2D eigenvalue weighted by atomic mass is 9.79. The van der Waals surface area contributed by atoms with Gasteiger partial charge in [0.15, 0.2) is 0 Å². The Morgan fingerprint density at radius 3 is 2.59 bits per heavy atom. The van der Waals surface area contributed by atoms with Gasteiger partial charge < -0.3 is 14.7 Å². The van der Waals surface area contributed by atoms with Gasteiger partial charge in [-0.15, -0.1) is 11.3 Å². The standard InChI is InChI=1S/C23H27NO4S/c1-28-23(27)20-14-19(22(29-20)16-10-6-3-7-11-16)24-18(12-17(25)13-21(24)26)15-8-4-2-5-9-15/h3,6-7,10-11,14-15,17-18,25H,2,4-5,8-9,12-13H2,1H3. The van der Waals surface area contributed by atoms with Crippen molar-refractivity contribution in [1.29, 1.82) is 0 Å². The second kappa shape index (κ2) is 8.67. The van der Waals surface area contributed by atoms with Crippen molar-refractivity contribution < 1.29 is 19.4 Å². The van der Waals surface area contributed by atoms with E-state index in [1.165, 1.54) is 37.7 Å². The van der Waals surface area contributed by atoms with Crippen molar-refractivity contribution in [3.05, 3.63) is 41.3 Å². The van der Waals surface area contributed by atoms with Crippen LogP contribution in [0.25, 0.3) is 10.4 Å². The number of ether oxygens (including phenoxy) is 1. The molecule has 154 valence electrons. The number of hydrogen-bond donors (Lipinski definition) is 1. The number of esters is 1. The number of amides is 1. The molecule has 1 aliphatic carbocycles. The second-order valence-electron chi connectivity index (χ2n) is 8.01. The van der Waals surface area contributed by atoms with E-state index >= 15 is 0 Å². The van der Waals surface area contributed by atoms with Gasteiger partial charge in [-0.3, -0.25) is 4.79 Å². The highest BCUT2D eigenvalue weighted by atomic mass is 32.1. The van der Waals surface area contributed by atoms with Crippen LogP contribution in [0.15, 0.2) is 36.4 Å². The average molecular weight is 414 g/mol. The Morgan fingerprint density at radius 2 is 1.90 bits per heavy atom. The maximum atomic E-state index is 13.1. The Labute approximate surface area is 175 Å². The van der Waals surface area contributed by atoms with Gasteiger partial charge in [0.2, 0.25) is 5.91 Å². The topological polar surface area (TPSA) is 66.8 Å². The summed E-state index contributed by atoms with van der Waals surface area (Å²) in [6, 6.07) is 11.6. The molecule has 5 nitrogen and oxygen atoms in total. The molecule has 2 aliphatic rings. The highest BCUT2D eigenvalue weighted by Crippen LogP contribution is 2.44. The Morgan fingerprint density at radius 1 is 1.17 bits per heavy atom. The lowest BCUT2D eigenvalue weighted by Gasteiger charge is -2.43. The van der Waals surface area contributed by atoms with E-state index in [9.17, 15) is 14.7 Å². The smallest absolute Gasteiger partial charge is 0.348 e. The normalized spacial score (nSPS) is 23.2. The lowest BCUT2D eigenvalue weighted by molar-refractivity contribution is -0.123. The maximum Gasteiger partial charge on any atom is 0.348 e. The van der Waals surface area contributed by atoms with Crippen molar-refractivity contribution in [1.82, 2.24) is 0 Å². The third-order valence-electron chi connectivity index (χ3n) is 6.11. The van der Waals surface area contributed by atoms with Gasteiger partial charge in [-0.1, -0.05) is 49.6 Å². The van der Waals surface area contributed by atoms with Crippen LogP contribution in [-0.2, 0) is 9.53 Å². The molecule has 4 rings (SSSR count). The number of carbonyl (C=O) groups excluding carboxylic acids is 2. The first-order chi connectivity index (χ1) is 14.1. The number of aliphatic hydroxyl groups excluding tert-OH is 1. The SMILES string of the molecule is COC(=O)c1cc(N2C(=O)CC(O)CC2C2CCCCC2)c(-c2ccccc2)s1. The van der Waals surface area contributed by atoms with E-state index in [1.807, 2.05) is 35.2 Å². The Hall–Kier alpha value is -2.18. The minimum Gasteiger partial charge on any atom is -0.465 e. The molecule has 1 aromatic heterocycles. The zero-order valence-corrected chi connectivity index (χ0v) is 17.5. The molecule has 29 heavy (non-hydrogen) atoms. The quantitative estimate of drug-likeness (QED) is 0.742. The number of methoxy groups -OCH3 is 1. The van der Waals surface area contributed by atoms with E-state index in [1.54, 1.807) is 6.07 Å². The van der Waals surface area contributed by atoms with Crippen molar-refractivity contribution >= 4 is 28.9 Å². The number of anilines is 1. The Bertz CT molecular complexity index is 872. The molecule has 1 amide bonds. The third-order valence-corrected chi connectivity index (χ3v) is 7.27. The molecule has 1 N–H and O–H groups in total. The summed E-state index contributed by atoms with van der Waals surface area (Å²) in [6.45, 7) is 0. The highest BCUT2D eigenvalue weighted by Gasteiger charge is 2.40. The fourth-order valence-corrected chi connectivity index (χ4v) is 5.82. The summed E-state index contributed by atoms with van der Waals surface area (Å²) in [7, 11) is 1.37. The Kier molecular flexibility index (Phi) is 6.01. The first kappa shape index (κ1) is 20.1. The van der Waals surface area contributed by atoms with Crippen molar-refractivity contribution in [2.24, 2.45) is 5.92 Å². The number of rotatable bonds is 4. The van der Waals surface area contributed by atoms with Crippen LogP contribution in [0.3, 0.4) is 0 Å². The van der Waals surface area contributed by atoms with Gasteiger partial charge in [0.25, 0.3) is 0 Å². The molecular formula is C23H27NO4S. The van der Waals surface area contributed by atoms with E-state index in [0.29, 0.717) is 17.2 Å². The van der Waals surface area contributed by atoms with Gasteiger partial charge in [-0.25, -0.2) is 4.79 Å². The van der Waals surface area contributed by atoms with Crippen LogP contribution in [0.2, 0.25) is 0 Å². The summed E-state index contributed by atoms with van der Waals surface area (Å²) in [6.07, 6.45) is 5.86. The molecule has 6 heteroatoms. The lowest BCUT2D eigenvalue weighted by Crippen LogP contribution is -2.52. The number of benzene rings is 1. The highest BCUT2D eigenvalue weighted by molar-refractivity contribution is 7.18. The maximum absolute atomic E-state index is 13.1. The molecule has 1 aromatic carbocycles. The van der Waals surface area contributed by atoms with Crippen LogP contribution < -0.4 is 4.90 Å². The van der Waals surface area contributed by atoms with Gasteiger partial charge in [0, 0.05) is 6.04 Å². The summed E-state index contributed by atoms with van der Waals surface area (Å²) in [5.41, 5.74) is 1.75. The van der Waals surface area contributed by atoms with Crippen LogP contribution in [-0.4, -0.2) is 36.2 Å². The summed E-state index contributed by atoms with van der Waals surface area (Å²) in [5, 5.41) is 10.3. The van der Waals surface area contributed by atoms with Crippen LogP contribution in [0.1, 0.15) is 54.6 Å². The van der Waals surface area contributed by atoms with E-state index in [2.05, 4.69) is 0 Å². The number of piperidine rings is 1. The summed E-state index contributed by atoms with van der Waals surface area (Å²) < 4.78 is 4.94. The molecule has 0 bridgehead atoms. The van der Waals surface area contributed by atoms with Crippen molar-refractivity contribution in [2.75, 3.05) is 12.0 Å². The van der Waals surface area contributed by atoms with E-state index in [0.717, 1.165) is 29.0 Å². The average Bonchev–Trinajstić information content (AvgIpc) is 3.19. The molecule has 0 spiro atoms. The van der Waals surface area contributed by atoms with Gasteiger partial charge in [-0.2, -0.15) is 0 Å². The molecule has 1 saturated carbocycles. The number of thiophene rings is 1. The van der Waals surface area contributed by atoms with Crippen molar-refractivity contribution in [3.8, 4) is 10.4 Å². The largest absolute Gasteiger partial charge is 0.465 e. The predicted octanol–water partition coefficient (Wildman–Crippen LogP) is 4.64. The van der Waals surface area contributed by atoms with Gasteiger partial charge in [0.05, 0.1) is 30.2 Å². The number of aliphatic hydroxyl groups is 1. The minimum absolute atomic E-state index is 0.0332. The molecule has 0 radical (unpaired) electrons. The molecule has 2 heterocycles. The van der Waals surface area contributed by atoms with Crippen LogP contribution in [0.4, 0.5) is 5.69 Å². The molecule has 1 aliphatic heterocycles. The first-order valence-electron chi connectivity index (χ1n) is 10.4. The minimum atomic E-state index is -0.593. The molecular weight excluding hydrogens is 386 g/mol. The van der Waals surface area contributed by atoms with Gasteiger partial charge >= 0.3 is 5.97 Å². The van der Waals surface area contributed by atoms with E-state index in [4.69, 9.17) is 4.74 Å². The molecule has 2 fully saturated rings. The summed E-state index contributed by atoms with van der Waals surface area (Å²) in [4.78, 5) is 28.7. The fraction of sp³-hybridized carbons (Fsp3) is 0.478. The Balaban J connectivity index is 1.80. The number of nitrogens with zero attached hydrogens (tertiary/aromatic N) is 1. The first-order valence-corrected chi connectivity index (χ1v) is 11.2. The molecule has 2 unspecified atom stereocenters. The van der Waals surface area contributed by atoms with Gasteiger partial charge in [0.1, 0.15) is 4.88 Å². The second-order valence-corrected chi connectivity index (χ2v) is 9.06. The van der Waals surface area contributed by atoms with E-state index < -0.39 is 12.1 Å². The third kappa shape index (κ3) is 4.09. The number of hydrogen-bond acceptors (Lipinski definition) is 5. The molecule has 1 saturated heterocycles. The molecule has 2 aromatic rings. The number of carbonyl (C=O) groups is 2. The van der Waals surface area contributed by atoms with Crippen LogP contribution in [0.5, 0.6) is 0 Å². The van der Waals surface area contributed by atoms with E-state index in [-0.39, 0.29) is 18.4 Å².